The number of allylic oxidation sites excluding steroid dienone is 2. The minimum Gasteiger partial charge on any atom is -2.00 e. The summed E-state index contributed by atoms with van der Waals surface area (Å²) in [5.41, 5.74) is 1.63. The van der Waals surface area contributed by atoms with Crippen molar-refractivity contribution in [2.24, 2.45) is 0 Å². The first-order valence-corrected chi connectivity index (χ1v) is 6.40. The molecule has 0 fully saturated rings. The fourth-order valence-corrected chi connectivity index (χ4v) is 1.66. The number of hydrogen-bond donors (Lipinski definition) is 0. The van der Waals surface area contributed by atoms with Gasteiger partial charge < -0.3 is 37.2 Å². The molecule has 0 unspecified atom stereocenters. The molecule has 0 bridgehead atoms. The van der Waals surface area contributed by atoms with Gasteiger partial charge in [0.15, 0.2) is 0 Å². The smallest absolute Gasteiger partial charge is 2.00 e. The van der Waals surface area contributed by atoms with Crippen molar-refractivity contribution in [1.82, 2.24) is 0 Å². The van der Waals surface area contributed by atoms with Crippen molar-refractivity contribution in [3.05, 3.63) is 85.0 Å². The van der Waals surface area contributed by atoms with Crippen molar-refractivity contribution in [1.29, 1.82) is 0 Å². The Kier molecular flexibility index (Phi) is 31.1. The molecular formula is C18H18Ni3O2S2. The van der Waals surface area contributed by atoms with E-state index in [9.17, 15) is 10.2 Å². The molecule has 2 rings (SSSR count). The summed E-state index contributed by atoms with van der Waals surface area (Å²) in [6.07, 6.45) is 4.80. The zero-order valence-electron chi connectivity index (χ0n) is 13.2. The van der Waals surface area contributed by atoms with Gasteiger partial charge in [0.05, 0.1) is 0 Å². The molecule has 0 spiro atoms. The Balaban J connectivity index is -0.0000000889. The second-order valence-electron chi connectivity index (χ2n) is 4.20. The van der Waals surface area contributed by atoms with E-state index >= 15 is 0 Å². The molecule has 0 aliphatic rings. The average Bonchev–Trinajstić information content (AvgIpc) is 2.45. The Morgan fingerprint density at radius 2 is 0.920 bits per heavy atom. The van der Waals surface area contributed by atoms with Crippen LogP contribution in [0.2, 0.25) is 0 Å². The van der Waals surface area contributed by atoms with E-state index in [0.717, 1.165) is 11.1 Å². The molecule has 0 aliphatic heterocycles. The quantitative estimate of drug-likeness (QED) is 0.473. The summed E-state index contributed by atoms with van der Waals surface area (Å²) >= 11 is 0. The molecule has 0 saturated carbocycles. The molecule has 2 aromatic rings. The van der Waals surface area contributed by atoms with Gasteiger partial charge in [0.1, 0.15) is 0 Å². The third kappa shape index (κ3) is 14.5. The summed E-state index contributed by atoms with van der Waals surface area (Å²) in [6.45, 7) is 7.12. The van der Waals surface area contributed by atoms with Crippen LogP contribution in [0.25, 0.3) is 0 Å². The predicted molar refractivity (Wildman–Crippen MR) is 94.3 cm³/mol. The topological polar surface area (TPSA) is 46.1 Å². The van der Waals surface area contributed by atoms with Gasteiger partial charge in [-0.15, -0.1) is 24.7 Å². The minimum absolute atomic E-state index is 0. The normalized spacial score (nSPS) is 7.36. The molecule has 0 atom stereocenters. The average molecular weight is 507 g/mol. The van der Waals surface area contributed by atoms with Crippen LogP contribution in [-0.2, 0) is 89.3 Å². The van der Waals surface area contributed by atoms with E-state index in [2.05, 4.69) is 13.2 Å². The maximum absolute atomic E-state index is 11.0. The van der Waals surface area contributed by atoms with Gasteiger partial charge >= 0.3 is 49.5 Å². The minimum atomic E-state index is 0. The van der Waals surface area contributed by atoms with Crippen LogP contribution < -0.4 is 10.2 Å². The van der Waals surface area contributed by atoms with Gasteiger partial charge in [-0.05, 0) is 12.8 Å². The van der Waals surface area contributed by atoms with Crippen LogP contribution in [0.4, 0.5) is 0 Å². The molecule has 0 saturated heterocycles. The van der Waals surface area contributed by atoms with Gasteiger partial charge in [-0.1, -0.05) is 71.8 Å². The zero-order valence-corrected chi connectivity index (χ0v) is 17.8. The van der Waals surface area contributed by atoms with Crippen molar-refractivity contribution >= 4 is 27.0 Å². The predicted octanol–water partition coefficient (Wildman–Crippen LogP) is 2.97. The van der Waals surface area contributed by atoms with E-state index in [1.807, 2.05) is 24.3 Å². The largest absolute Gasteiger partial charge is 2.00 e. The first-order chi connectivity index (χ1) is 9.69. The summed E-state index contributed by atoms with van der Waals surface area (Å²) < 4.78 is 0. The summed E-state index contributed by atoms with van der Waals surface area (Å²) in [4.78, 5) is 0. The molecule has 0 aromatic heterocycles. The summed E-state index contributed by atoms with van der Waals surface area (Å²) in [5.74, 6) is 0.199. The van der Waals surface area contributed by atoms with Crippen LogP contribution in [0.3, 0.4) is 0 Å². The monoisotopic (exact) mass is 504 g/mol. The Hall–Kier alpha value is -0.299. The molecular weight excluding hydrogens is 488 g/mol. The van der Waals surface area contributed by atoms with Crippen LogP contribution in [0.1, 0.15) is 11.1 Å². The Bertz CT molecular complexity index is 530. The fourth-order valence-electron chi connectivity index (χ4n) is 1.66. The van der Waals surface area contributed by atoms with Crippen LogP contribution in [0, 0.1) is 0 Å². The van der Waals surface area contributed by atoms with E-state index < -0.39 is 0 Å². The molecule has 2 nitrogen and oxygen atoms in total. The van der Waals surface area contributed by atoms with Gasteiger partial charge in [-0.25, -0.2) is 0 Å². The number of rotatable bonds is 4. The second-order valence-corrected chi connectivity index (χ2v) is 4.20. The Morgan fingerprint density at radius 3 is 1.16 bits per heavy atom. The molecule has 0 radical (unpaired) electrons. The third-order valence-electron chi connectivity index (χ3n) is 2.67. The van der Waals surface area contributed by atoms with Crippen LogP contribution in [-0.4, -0.2) is 0 Å². The van der Waals surface area contributed by atoms with Crippen molar-refractivity contribution < 1.29 is 59.7 Å². The van der Waals surface area contributed by atoms with Crippen molar-refractivity contribution in [2.75, 3.05) is 0 Å². The Morgan fingerprint density at radius 1 is 0.640 bits per heavy atom. The van der Waals surface area contributed by atoms with Crippen molar-refractivity contribution in [3.8, 4) is 11.5 Å². The summed E-state index contributed by atoms with van der Waals surface area (Å²) in [5, 5.41) is 21.9. The van der Waals surface area contributed by atoms with E-state index in [1.165, 1.54) is 0 Å². The Labute approximate surface area is 194 Å². The zero-order chi connectivity index (χ0) is 14.8. The van der Waals surface area contributed by atoms with Gasteiger partial charge in [0, 0.05) is 0 Å². The van der Waals surface area contributed by atoms with E-state index in [4.69, 9.17) is 0 Å². The second kappa shape index (κ2) is 21.7. The van der Waals surface area contributed by atoms with E-state index in [1.54, 1.807) is 36.4 Å². The number of hydrogen-bond acceptors (Lipinski definition) is 2. The first-order valence-electron chi connectivity index (χ1n) is 6.40. The van der Waals surface area contributed by atoms with Gasteiger partial charge in [-0.2, -0.15) is 0 Å². The molecule has 144 valence electrons. The van der Waals surface area contributed by atoms with Gasteiger partial charge in [-0.3, -0.25) is 0 Å². The summed E-state index contributed by atoms with van der Waals surface area (Å²) in [7, 11) is 0. The van der Waals surface area contributed by atoms with Gasteiger partial charge in [0.2, 0.25) is 0 Å². The van der Waals surface area contributed by atoms with Crippen molar-refractivity contribution in [3.63, 3.8) is 0 Å². The molecule has 0 amide bonds. The van der Waals surface area contributed by atoms with E-state index in [-0.39, 0.29) is 88.0 Å². The van der Waals surface area contributed by atoms with Gasteiger partial charge in [0.25, 0.3) is 0 Å². The van der Waals surface area contributed by atoms with Crippen LogP contribution >= 0.6 is 0 Å². The SMILES string of the molecule is C=CCc1ccccc1[O-].C=CCc1ccccc1[O-].[Ni+2].[Ni+2].[Ni+2].[S-2].[S-2]. The first kappa shape index (κ1) is 35.7. The number of para-hydroxylation sites is 2. The molecule has 0 heterocycles. The molecule has 25 heavy (non-hydrogen) atoms. The number of benzene rings is 2. The van der Waals surface area contributed by atoms with Crippen LogP contribution in [0.15, 0.2) is 73.8 Å². The third-order valence-corrected chi connectivity index (χ3v) is 2.67. The fraction of sp³-hybridized carbons (Fsp3) is 0.111. The maximum atomic E-state index is 11.0. The van der Waals surface area contributed by atoms with Crippen molar-refractivity contribution in [2.45, 2.75) is 12.8 Å². The molecule has 0 aliphatic carbocycles. The molecule has 0 N–H and O–H groups in total. The summed E-state index contributed by atoms with van der Waals surface area (Å²) in [6, 6.07) is 14.0. The maximum Gasteiger partial charge on any atom is 2.00 e. The van der Waals surface area contributed by atoms with Crippen LogP contribution in [0.5, 0.6) is 11.5 Å². The standard InChI is InChI=1S/2C9H10O.3Ni.2S/c2*1-2-5-8-6-3-4-7-9(8)10;;;;;/h2*2-4,6-7,10H,1,5H2;;;;;/q;;3*+2;2*-2/p-2. The van der Waals surface area contributed by atoms with E-state index in [0.29, 0.717) is 12.8 Å². The molecule has 2 aromatic carbocycles. The molecule has 7 heteroatoms.